The number of nitrogens with one attached hydrogen (secondary N) is 1. The third kappa shape index (κ3) is 4.40. The summed E-state index contributed by atoms with van der Waals surface area (Å²) in [6.07, 6.45) is 3.83. The van der Waals surface area contributed by atoms with Gasteiger partial charge >= 0.3 is 0 Å². The Labute approximate surface area is 191 Å². The van der Waals surface area contributed by atoms with Crippen LogP contribution in [0.3, 0.4) is 0 Å². The van der Waals surface area contributed by atoms with Crippen LogP contribution in [-0.4, -0.2) is 52.2 Å². The first-order chi connectivity index (χ1) is 15.4. The second-order valence-corrected chi connectivity index (χ2v) is 10.7. The fraction of sp³-hybridized carbons (Fsp3) is 0.458. The molecule has 2 aromatic rings. The second kappa shape index (κ2) is 9.21. The number of methoxy groups -OCH3 is 1. The molecular weight excluding hydrogens is 428 g/mol. The maximum Gasteiger partial charge on any atom is 0.262 e. The Bertz CT molecular complexity index is 971. The minimum Gasteiger partial charge on any atom is -0.497 e. The normalized spacial score (nSPS) is 23.6. The maximum atomic E-state index is 13.7. The first-order valence-corrected chi connectivity index (χ1v) is 12.0. The van der Waals surface area contributed by atoms with E-state index in [1.807, 2.05) is 24.3 Å². The number of rotatable bonds is 6. The van der Waals surface area contributed by atoms with Gasteiger partial charge in [-0.2, -0.15) is 0 Å². The molecule has 0 radical (unpaired) electrons. The number of likely N-dealkylation sites (tertiary alicyclic amines) is 1. The van der Waals surface area contributed by atoms with Gasteiger partial charge in [0.2, 0.25) is 0 Å². The minimum absolute atomic E-state index is 0.00605. The van der Waals surface area contributed by atoms with Crippen molar-refractivity contribution in [2.24, 2.45) is 5.41 Å². The number of carbonyl (C=O) groups excluding carboxylic acids is 1. The summed E-state index contributed by atoms with van der Waals surface area (Å²) < 4.78 is 23.6. The van der Waals surface area contributed by atoms with Crippen LogP contribution in [0.5, 0.6) is 17.2 Å². The average Bonchev–Trinajstić information content (AvgIpc) is 3.21. The molecule has 2 atom stereocenters. The topological polar surface area (TPSA) is 88.1 Å². The second-order valence-electron chi connectivity index (χ2n) is 8.93. The summed E-state index contributed by atoms with van der Waals surface area (Å²) in [5.41, 5.74) is 1.81. The molecule has 2 aliphatic rings. The highest BCUT2D eigenvalue weighted by molar-refractivity contribution is 7.87. The molecule has 1 saturated heterocycles. The van der Waals surface area contributed by atoms with Gasteiger partial charge in [0, 0.05) is 4.90 Å². The van der Waals surface area contributed by atoms with E-state index in [0.29, 0.717) is 29.2 Å². The largest absolute Gasteiger partial charge is 0.497 e. The molecule has 172 valence electrons. The predicted octanol–water partition coefficient (Wildman–Crippen LogP) is 3.74. The van der Waals surface area contributed by atoms with Gasteiger partial charge in [0.15, 0.2) is 0 Å². The Morgan fingerprint density at radius 3 is 2.09 bits per heavy atom. The molecule has 8 heteroatoms. The summed E-state index contributed by atoms with van der Waals surface area (Å²) in [7, 11) is 2.11. The van der Waals surface area contributed by atoms with Crippen LogP contribution in [0.15, 0.2) is 53.4 Å². The number of ether oxygens (including phenoxy) is 2. The van der Waals surface area contributed by atoms with Gasteiger partial charge in [-0.15, -0.1) is 0 Å². The lowest BCUT2D eigenvalue weighted by molar-refractivity contribution is -0.132. The fourth-order valence-electron chi connectivity index (χ4n) is 4.94. The Balaban J connectivity index is 1.52. The van der Waals surface area contributed by atoms with Crippen molar-refractivity contribution in [2.75, 3.05) is 27.2 Å². The van der Waals surface area contributed by atoms with Crippen molar-refractivity contribution in [1.29, 1.82) is 0 Å². The molecule has 7 nitrogen and oxygen atoms in total. The van der Waals surface area contributed by atoms with E-state index in [4.69, 9.17) is 9.47 Å². The van der Waals surface area contributed by atoms with E-state index in [2.05, 4.69) is 11.9 Å². The van der Waals surface area contributed by atoms with E-state index in [1.54, 1.807) is 36.9 Å². The Morgan fingerprint density at radius 2 is 1.53 bits per heavy atom. The van der Waals surface area contributed by atoms with E-state index in [0.717, 1.165) is 38.1 Å². The molecule has 1 aliphatic heterocycles. The molecular formula is C24H30N2O5S. The van der Waals surface area contributed by atoms with Crippen molar-refractivity contribution in [2.45, 2.75) is 41.7 Å². The van der Waals surface area contributed by atoms with Gasteiger partial charge in [-0.25, -0.2) is 5.48 Å². The highest BCUT2D eigenvalue weighted by atomic mass is 32.2. The van der Waals surface area contributed by atoms with Crippen LogP contribution in [-0.2, 0) is 15.6 Å². The third-order valence-corrected chi connectivity index (χ3v) is 8.91. The van der Waals surface area contributed by atoms with Crippen LogP contribution < -0.4 is 15.0 Å². The SMILES string of the molecule is COc1ccc(Oc2ccc(S(=O)C3(C(=O)NO)CCC4(CCN(C)CC4)C3)cc2)cc1. The fourth-order valence-corrected chi connectivity index (χ4v) is 6.72. The molecule has 4 rings (SSSR count). The van der Waals surface area contributed by atoms with Crippen LogP contribution >= 0.6 is 0 Å². The quantitative estimate of drug-likeness (QED) is 0.507. The first-order valence-electron chi connectivity index (χ1n) is 10.9. The monoisotopic (exact) mass is 458 g/mol. The van der Waals surface area contributed by atoms with Crippen molar-refractivity contribution < 1.29 is 23.7 Å². The molecule has 1 heterocycles. The molecule has 0 bridgehead atoms. The Kier molecular flexibility index (Phi) is 6.55. The van der Waals surface area contributed by atoms with Crippen LogP contribution in [0.25, 0.3) is 0 Å². The number of piperidine rings is 1. The molecule has 2 unspecified atom stereocenters. The number of benzene rings is 2. The standard InChI is InChI=1S/C24H30N2O5S/c1-26-15-13-23(14-16-26)11-12-24(17-23,22(27)25-28)32(29)21-9-7-20(8-10-21)31-19-5-3-18(30-2)4-6-19/h3-10,28H,11-17H2,1-2H3,(H,25,27). The van der Waals surface area contributed by atoms with E-state index in [-0.39, 0.29) is 5.41 Å². The Morgan fingerprint density at radius 1 is 0.969 bits per heavy atom. The summed E-state index contributed by atoms with van der Waals surface area (Å²) in [4.78, 5) is 15.6. The van der Waals surface area contributed by atoms with Gasteiger partial charge in [-0.3, -0.25) is 14.2 Å². The predicted molar refractivity (Wildman–Crippen MR) is 122 cm³/mol. The summed E-state index contributed by atoms with van der Waals surface area (Å²) in [6.45, 7) is 1.95. The number of hydrogen-bond donors (Lipinski definition) is 2. The molecule has 2 aromatic carbocycles. The number of carbonyl (C=O) groups is 1. The van der Waals surface area contributed by atoms with Gasteiger partial charge in [0.25, 0.3) is 5.91 Å². The molecule has 1 saturated carbocycles. The van der Waals surface area contributed by atoms with Crippen LogP contribution in [0.2, 0.25) is 0 Å². The average molecular weight is 459 g/mol. The van der Waals surface area contributed by atoms with Gasteiger partial charge in [0.1, 0.15) is 22.0 Å². The smallest absolute Gasteiger partial charge is 0.262 e. The molecule has 2 fully saturated rings. The molecule has 2 N–H and O–H groups in total. The summed E-state index contributed by atoms with van der Waals surface area (Å²) in [5.74, 6) is 1.46. The number of amides is 1. The lowest BCUT2D eigenvalue weighted by atomic mass is 9.76. The molecule has 32 heavy (non-hydrogen) atoms. The van der Waals surface area contributed by atoms with E-state index >= 15 is 0 Å². The lowest BCUT2D eigenvalue weighted by Crippen LogP contribution is -2.49. The molecule has 1 aliphatic carbocycles. The zero-order chi connectivity index (χ0) is 22.8. The van der Waals surface area contributed by atoms with Crippen LogP contribution in [0.4, 0.5) is 0 Å². The van der Waals surface area contributed by atoms with Gasteiger partial charge in [-0.1, -0.05) is 0 Å². The molecule has 1 spiro atoms. The Hall–Kier alpha value is -2.42. The highest BCUT2D eigenvalue weighted by Gasteiger charge is 2.56. The van der Waals surface area contributed by atoms with Crippen molar-refractivity contribution in [3.8, 4) is 17.2 Å². The first kappa shape index (κ1) is 22.8. The number of hydroxylamine groups is 1. The van der Waals surface area contributed by atoms with Crippen molar-refractivity contribution in [3.63, 3.8) is 0 Å². The lowest BCUT2D eigenvalue weighted by Gasteiger charge is -2.39. The van der Waals surface area contributed by atoms with Crippen molar-refractivity contribution in [1.82, 2.24) is 10.4 Å². The zero-order valence-electron chi connectivity index (χ0n) is 18.5. The number of hydrogen-bond acceptors (Lipinski definition) is 6. The summed E-state index contributed by atoms with van der Waals surface area (Å²) in [6, 6.07) is 14.2. The molecule has 1 amide bonds. The van der Waals surface area contributed by atoms with Gasteiger partial charge in [-0.05, 0) is 106 Å². The van der Waals surface area contributed by atoms with Crippen LogP contribution in [0.1, 0.15) is 32.1 Å². The van der Waals surface area contributed by atoms with Gasteiger partial charge < -0.3 is 14.4 Å². The van der Waals surface area contributed by atoms with Crippen molar-refractivity contribution in [3.05, 3.63) is 48.5 Å². The summed E-state index contributed by atoms with van der Waals surface area (Å²) >= 11 is 0. The minimum atomic E-state index is -1.60. The molecule has 0 aromatic heterocycles. The van der Waals surface area contributed by atoms with Crippen molar-refractivity contribution >= 4 is 16.7 Å². The van der Waals surface area contributed by atoms with Gasteiger partial charge in [0.05, 0.1) is 17.9 Å². The zero-order valence-corrected chi connectivity index (χ0v) is 19.3. The number of nitrogens with zero attached hydrogens (tertiary/aromatic N) is 1. The maximum absolute atomic E-state index is 13.7. The van der Waals surface area contributed by atoms with Crippen LogP contribution in [0, 0.1) is 5.41 Å². The highest BCUT2D eigenvalue weighted by Crippen LogP contribution is 2.53. The van der Waals surface area contributed by atoms with E-state index < -0.39 is 21.5 Å². The summed E-state index contributed by atoms with van der Waals surface area (Å²) in [5, 5.41) is 9.46. The van der Waals surface area contributed by atoms with E-state index in [1.165, 1.54) is 0 Å². The van der Waals surface area contributed by atoms with E-state index in [9.17, 15) is 14.2 Å². The third-order valence-electron chi connectivity index (χ3n) is 6.97.